The Kier molecular flexibility index (Phi) is 4.83. The first-order valence-electron chi connectivity index (χ1n) is 3.85. The Hall–Kier alpha value is -0.600. The standard InChI is InChI=1S/C9H18NO/c1-4-5-6-7-8-10(2,3)9-11/h4-5,7-8,11H,6,9H2,1-3H3/q+1/b5-4-,8-7-. The van der Waals surface area contributed by atoms with Crippen molar-refractivity contribution in [3.63, 3.8) is 0 Å². The molecule has 0 bridgehead atoms. The fraction of sp³-hybridized carbons (Fsp3) is 0.556. The molecule has 0 saturated heterocycles. The van der Waals surface area contributed by atoms with Crippen LogP contribution in [-0.2, 0) is 0 Å². The molecule has 0 aromatic heterocycles. The zero-order valence-electron chi connectivity index (χ0n) is 7.62. The lowest BCUT2D eigenvalue weighted by molar-refractivity contribution is -0.859. The van der Waals surface area contributed by atoms with Crippen LogP contribution in [0.3, 0.4) is 0 Å². The van der Waals surface area contributed by atoms with Gasteiger partial charge in [-0.2, -0.15) is 0 Å². The summed E-state index contributed by atoms with van der Waals surface area (Å²) >= 11 is 0. The number of hydrogen-bond donors (Lipinski definition) is 1. The Morgan fingerprint density at radius 3 is 2.36 bits per heavy atom. The molecule has 0 aromatic rings. The van der Waals surface area contributed by atoms with Crippen LogP contribution in [0, 0.1) is 0 Å². The molecule has 0 rings (SSSR count). The lowest BCUT2D eigenvalue weighted by atomic mass is 10.3. The van der Waals surface area contributed by atoms with Crippen LogP contribution in [0.25, 0.3) is 0 Å². The highest BCUT2D eigenvalue weighted by atomic mass is 16.3. The highest BCUT2D eigenvalue weighted by Gasteiger charge is 2.05. The van der Waals surface area contributed by atoms with Gasteiger partial charge in [-0.05, 0) is 19.4 Å². The number of aliphatic hydroxyl groups excluding tert-OH is 1. The number of rotatable bonds is 4. The molecule has 0 atom stereocenters. The maximum atomic E-state index is 8.85. The molecule has 0 heterocycles. The fourth-order valence-corrected chi connectivity index (χ4v) is 0.608. The molecule has 0 aliphatic heterocycles. The molecule has 0 aliphatic rings. The zero-order valence-corrected chi connectivity index (χ0v) is 7.62. The molecule has 11 heavy (non-hydrogen) atoms. The number of aliphatic hydroxyl groups is 1. The number of hydrogen-bond acceptors (Lipinski definition) is 1. The van der Waals surface area contributed by atoms with E-state index < -0.39 is 0 Å². The van der Waals surface area contributed by atoms with Gasteiger partial charge in [0.25, 0.3) is 0 Å². The molecular weight excluding hydrogens is 138 g/mol. The normalized spacial score (nSPS) is 13.5. The van der Waals surface area contributed by atoms with Gasteiger partial charge in [-0.1, -0.05) is 12.2 Å². The number of allylic oxidation sites excluding steroid dienone is 3. The van der Waals surface area contributed by atoms with Crippen molar-refractivity contribution >= 4 is 0 Å². The van der Waals surface area contributed by atoms with Crippen LogP contribution in [0.15, 0.2) is 24.4 Å². The van der Waals surface area contributed by atoms with Crippen molar-refractivity contribution in [1.82, 2.24) is 0 Å². The Labute approximate surface area is 69.0 Å². The summed E-state index contributed by atoms with van der Waals surface area (Å²) in [5.41, 5.74) is 0. The van der Waals surface area contributed by atoms with Crippen LogP contribution in [0.1, 0.15) is 13.3 Å². The predicted molar refractivity (Wildman–Crippen MR) is 47.8 cm³/mol. The van der Waals surface area contributed by atoms with Gasteiger partial charge in [-0.15, -0.1) is 0 Å². The topological polar surface area (TPSA) is 20.2 Å². The highest BCUT2D eigenvalue weighted by molar-refractivity contribution is 4.87. The summed E-state index contributed by atoms with van der Waals surface area (Å²) in [6, 6.07) is 0. The molecular formula is C9H18NO+. The van der Waals surface area contributed by atoms with Gasteiger partial charge in [0.05, 0.1) is 20.3 Å². The molecule has 0 aromatic carbocycles. The van der Waals surface area contributed by atoms with Crippen molar-refractivity contribution in [2.45, 2.75) is 13.3 Å². The maximum Gasteiger partial charge on any atom is 0.184 e. The Balaban J connectivity index is 3.72. The Morgan fingerprint density at radius 1 is 1.27 bits per heavy atom. The van der Waals surface area contributed by atoms with E-state index in [1.807, 2.05) is 33.3 Å². The average molecular weight is 156 g/mol. The van der Waals surface area contributed by atoms with E-state index in [1.54, 1.807) is 0 Å². The summed E-state index contributed by atoms with van der Waals surface area (Å²) < 4.78 is 0.525. The third-order valence-electron chi connectivity index (χ3n) is 1.38. The zero-order chi connectivity index (χ0) is 8.74. The van der Waals surface area contributed by atoms with Gasteiger partial charge in [-0.25, -0.2) is 0 Å². The molecule has 2 nitrogen and oxygen atoms in total. The van der Waals surface area contributed by atoms with Crippen LogP contribution in [0.2, 0.25) is 0 Å². The smallest absolute Gasteiger partial charge is 0.184 e. The van der Waals surface area contributed by atoms with E-state index in [1.165, 1.54) is 0 Å². The van der Waals surface area contributed by atoms with E-state index in [9.17, 15) is 0 Å². The Morgan fingerprint density at radius 2 is 1.91 bits per heavy atom. The van der Waals surface area contributed by atoms with E-state index in [-0.39, 0.29) is 6.73 Å². The molecule has 0 unspecified atom stereocenters. The highest BCUT2D eigenvalue weighted by Crippen LogP contribution is 1.97. The summed E-state index contributed by atoms with van der Waals surface area (Å²) in [6.07, 6.45) is 9.07. The second-order valence-corrected chi connectivity index (χ2v) is 3.11. The first-order chi connectivity index (χ1) is 5.12. The molecule has 2 heteroatoms. The van der Waals surface area contributed by atoms with Gasteiger partial charge in [0.2, 0.25) is 0 Å². The van der Waals surface area contributed by atoms with Gasteiger partial charge >= 0.3 is 0 Å². The monoisotopic (exact) mass is 156 g/mol. The van der Waals surface area contributed by atoms with Crippen molar-refractivity contribution in [2.75, 3.05) is 20.8 Å². The second-order valence-electron chi connectivity index (χ2n) is 3.11. The summed E-state index contributed by atoms with van der Waals surface area (Å²) in [5, 5.41) is 8.85. The van der Waals surface area contributed by atoms with Crippen LogP contribution in [-0.4, -0.2) is 30.4 Å². The van der Waals surface area contributed by atoms with E-state index in [0.29, 0.717) is 4.48 Å². The summed E-state index contributed by atoms with van der Waals surface area (Å²) in [4.78, 5) is 0. The lowest BCUT2D eigenvalue weighted by Crippen LogP contribution is -2.33. The molecule has 0 fully saturated rings. The lowest BCUT2D eigenvalue weighted by Gasteiger charge is -2.20. The SMILES string of the molecule is C/C=C\C/C=C\[N+](C)(C)CO. The molecule has 1 N–H and O–H groups in total. The quantitative estimate of drug-likeness (QED) is 0.371. The average Bonchev–Trinajstić information content (AvgIpc) is 1.99. The summed E-state index contributed by atoms with van der Waals surface area (Å²) in [6.45, 7) is 2.15. The molecule has 0 saturated carbocycles. The third-order valence-corrected chi connectivity index (χ3v) is 1.38. The van der Waals surface area contributed by atoms with Crippen molar-refractivity contribution in [3.8, 4) is 0 Å². The van der Waals surface area contributed by atoms with Gasteiger partial charge in [-0.3, -0.25) is 4.48 Å². The number of quaternary nitrogens is 1. The van der Waals surface area contributed by atoms with Crippen molar-refractivity contribution in [3.05, 3.63) is 24.4 Å². The van der Waals surface area contributed by atoms with E-state index >= 15 is 0 Å². The fourth-order valence-electron chi connectivity index (χ4n) is 0.608. The first-order valence-corrected chi connectivity index (χ1v) is 3.85. The minimum Gasteiger partial charge on any atom is -0.347 e. The van der Waals surface area contributed by atoms with E-state index in [2.05, 4.69) is 12.2 Å². The number of nitrogens with zero attached hydrogens (tertiary/aromatic N) is 1. The minimum atomic E-state index is 0.145. The maximum absolute atomic E-state index is 8.85. The first kappa shape index (κ1) is 10.4. The van der Waals surface area contributed by atoms with Crippen molar-refractivity contribution < 1.29 is 9.59 Å². The van der Waals surface area contributed by atoms with Crippen LogP contribution >= 0.6 is 0 Å². The van der Waals surface area contributed by atoms with Gasteiger partial charge < -0.3 is 5.11 Å². The Bertz CT molecular complexity index is 148. The third kappa shape index (κ3) is 5.83. The largest absolute Gasteiger partial charge is 0.347 e. The molecule has 0 spiro atoms. The summed E-state index contributed by atoms with van der Waals surface area (Å²) in [7, 11) is 3.90. The molecule has 0 aliphatic carbocycles. The van der Waals surface area contributed by atoms with Gasteiger partial charge in [0.1, 0.15) is 0 Å². The van der Waals surface area contributed by atoms with Crippen molar-refractivity contribution in [1.29, 1.82) is 0 Å². The van der Waals surface area contributed by atoms with Gasteiger partial charge in [0, 0.05) is 0 Å². The van der Waals surface area contributed by atoms with Crippen LogP contribution in [0.5, 0.6) is 0 Å². The molecule has 0 amide bonds. The minimum absolute atomic E-state index is 0.145. The molecule has 64 valence electrons. The van der Waals surface area contributed by atoms with Crippen LogP contribution < -0.4 is 0 Å². The predicted octanol–water partition coefficient (Wildman–Crippen LogP) is 1.49. The van der Waals surface area contributed by atoms with E-state index in [4.69, 9.17) is 5.11 Å². The van der Waals surface area contributed by atoms with Gasteiger partial charge in [0.15, 0.2) is 6.73 Å². The molecule has 0 radical (unpaired) electrons. The van der Waals surface area contributed by atoms with Crippen LogP contribution in [0.4, 0.5) is 0 Å². The second kappa shape index (κ2) is 5.10. The van der Waals surface area contributed by atoms with E-state index in [0.717, 1.165) is 6.42 Å². The summed E-state index contributed by atoms with van der Waals surface area (Å²) in [5.74, 6) is 0. The van der Waals surface area contributed by atoms with Crippen molar-refractivity contribution in [2.24, 2.45) is 0 Å².